The third kappa shape index (κ3) is 1.98. The molecular weight excluding hydrogens is 200 g/mol. The summed E-state index contributed by atoms with van der Waals surface area (Å²) >= 11 is 0. The largest absolute Gasteiger partial charge is 0.319 e. The van der Waals surface area contributed by atoms with Gasteiger partial charge in [0.15, 0.2) is 0 Å². The second-order valence-electron chi connectivity index (χ2n) is 2.06. The van der Waals surface area contributed by atoms with E-state index in [0.717, 1.165) is 12.3 Å². The first-order chi connectivity index (χ1) is 5.93. The molecule has 13 heavy (non-hydrogen) atoms. The van der Waals surface area contributed by atoms with E-state index in [1.807, 2.05) is 0 Å². The van der Waals surface area contributed by atoms with Crippen LogP contribution in [0.15, 0.2) is 23.4 Å². The van der Waals surface area contributed by atoms with Crippen LogP contribution in [0.25, 0.3) is 0 Å². The highest BCUT2D eigenvalue weighted by molar-refractivity contribution is 7.85. The molecule has 1 aromatic heterocycles. The van der Waals surface area contributed by atoms with Crippen LogP contribution in [-0.2, 0) is 10.1 Å². The Hall–Kier alpha value is -1.54. The number of hydrogen-bond donors (Lipinski definition) is 1. The predicted octanol–water partition coefficient (Wildman–Crippen LogP) is 0.236. The van der Waals surface area contributed by atoms with E-state index >= 15 is 0 Å². The molecule has 0 fully saturated rings. The van der Waals surface area contributed by atoms with Crippen LogP contribution in [0.5, 0.6) is 0 Å². The number of rotatable bonds is 2. The normalized spacial score (nSPS) is 11.2. The van der Waals surface area contributed by atoms with Crippen molar-refractivity contribution in [2.24, 2.45) is 0 Å². The minimum absolute atomic E-state index is 0.745. The fourth-order valence-electron chi connectivity index (χ4n) is 0.720. The highest BCUT2D eigenvalue weighted by Crippen LogP contribution is 2.19. The van der Waals surface area contributed by atoms with Gasteiger partial charge in [-0.25, -0.2) is 4.98 Å². The van der Waals surface area contributed by atoms with Crippen molar-refractivity contribution in [2.75, 3.05) is 0 Å². The summed E-state index contributed by atoms with van der Waals surface area (Å²) in [6.45, 7) is 0. The summed E-state index contributed by atoms with van der Waals surface area (Å²) in [7, 11) is -4.63. The van der Waals surface area contributed by atoms with E-state index < -0.39 is 25.8 Å². The molecule has 0 aliphatic carbocycles. The van der Waals surface area contributed by atoms with Crippen LogP contribution >= 0.6 is 0 Å². The monoisotopic (exact) mass is 204 g/mol. The maximum atomic E-state index is 10.5. The van der Waals surface area contributed by atoms with E-state index in [1.165, 1.54) is 6.07 Å². The van der Waals surface area contributed by atoms with Crippen LogP contribution in [0.3, 0.4) is 0 Å². The fourth-order valence-corrected chi connectivity index (χ4v) is 1.32. The molecule has 8 heteroatoms. The summed E-state index contributed by atoms with van der Waals surface area (Å²) < 4.78 is 29.6. The molecule has 1 N–H and O–H groups in total. The molecule has 0 spiro atoms. The van der Waals surface area contributed by atoms with E-state index in [-0.39, 0.29) is 0 Å². The maximum absolute atomic E-state index is 10.5. The van der Waals surface area contributed by atoms with Crippen molar-refractivity contribution < 1.29 is 17.9 Å². The fraction of sp³-hybridized carbons (Fsp3) is 0. The summed E-state index contributed by atoms with van der Waals surface area (Å²) in [6, 6.07) is 2.14. The third-order valence-electron chi connectivity index (χ3n) is 1.19. The number of pyridine rings is 1. The molecule has 0 unspecified atom stereocenters. The molecule has 7 nitrogen and oxygen atoms in total. The minimum atomic E-state index is -4.63. The Labute approximate surface area is 72.9 Å². The lowest BCUT2D eigenvalue weighted by Crippen LogP contribution is -2.05. The molecule has 70 valence electrons. The average molecular weight is 204 g/mol. The van der Waals surface area contributed by atoms with Crippen molar-refractivity contribution >= 4 is 15.8 Å². The zero-order valence-corrected chi connectivity index (χ0v) is 6.93. The lowest BCUT2D eigenvalue weighted by molar-refractivity contribution is -0.388. The molecule has 0 aromatic carbocycles. The predicted molar refractivity (Wildman–Crippen MR) is 40.7 cm³/mol. The Morgan fingerprint density at radius 2 is 2.15 bits per heavy atom. The second-order valence-corrected chi connectivity index (χ2v) is 3.40. The van der Waals surface area contributed by atoms with Gasteiger partial charge in [-0.05, 0) is 6.07 Å². The van der Waals surface area contributed by atoms with Gasteiger partial charge < -0.3 is 0 Å². The smallest absolute Gasteiger partial charge is 0.280 e. The highest BCUT2D eigenvalue weighted by atomic mass is 32.2. The van der Waals surface area contributed by atoms with Crippen LogP contribution in [0.1, 0.15) is 0 Å². The molecular formula is C5H4N2O5S. The van der Waals surface area contributed by atoms with Gasteiger partial charge in [0.25, 0.3) is 5.03 Å². The molecule has 0 aliphatic rings. The molecule has 0 radical (unpaired) electrons. The summed E-state index contributed by atoms with van der Waals surface area (Å²) in [5, 5.41) is 9.31. The van der Waals surface area contributed by atoms with Crippen molar-refractivity contribution in [3.05, 3.63) is 28.4 Å². The number of hydrogen-bond acceptors (Lipinski definition) is 5. The van der Waals surface area contributed by atoms with Crippen LogP contribution < -0.4 is 0 Å². The van der Waals surface area contributed by atoms with Crippen molar-refractivity contribution in [1.29, 1.82) is 0 Å². The molecule has 0 amide bonds. The summed E-state index contributed by atoms with van der Waals surface area (Å²) in [6.07, 6.45) is 1.04. The molecule has 0 aliphatic heterocycles. The van der Waals surface area contributed by atoms with Gasteiger partial charge in [0.2, 0.25) is 0 Å². The number of nitrogens with zero attached hydrogens (tertiary/aromatic N) is 2. The van der Waals surface area contributed by atoms with E-state index in [2.05, 4.69) is 4.98 Å². The zero-order chi connectivity index (χ0) is 10.1. The standard InChI is InChI=1S/C5H4N2O5S/c8-7(9)4-2-1-3-6-5(4)13(10,11)12/h1-3H,(H,10,11,12). The highest BCUT2D eigenvalue weighted by Gasteiger charge is 2.24. The second kappa shape index (κ2) is 3.07. The molecule has 0 atom stereocenters. The van der Waals surface area contributed by atoms with Crippen LogP contribution in [0, 0.1) is 10.1 Å². The van der Waals surface area contributed by atoms with Crippen molar-refractivity contribution in [3.8, 4) is 0 Å². The minimum Gasteiger partial charge on any atom is -0.280 e. The molecule has 0 saturated heterocycles. The Morgan fingerprint density at radius 1 is 1.54 bits per heavy atom. The zero-order valence-electron chi connectivity index (χ0n) is 6.11. The Kier molecular flexibility index (Phi) is 2.26. The van der Waals surface area contributed by atoms with Gasteiger partial charge in [-0.3, -0.25) is 14.7 Å². The van der Waals surface area contributed by atoms with E-state index in [4.69, 9.17) is 4.55 Å². The van der Waals surface area contributed by atoms with E-state index in [1.54, 1.807) is 0 Å². The van der Waals surface area contributed by atoms with E-state index in [0.29, 0.717) is 0 Å². The van der Waals surface area contributed by atoms with Gasteiger partial charge in [-0.2, -0.15) is 8.42 Å². The van der Waals surface area contributed by atoms with E-state index in [9.17, 15) is 18.5 Å². The molecule has 1 heterocycles. The number of nitro groups is 1. The van der Waals surface area contributed by atoms with Gasteiger partial charge in [-0.1, -0.05) is 0 Å². The quantitative estimate of drug-likeness (QED) is 0.419. The SMILES string of the molecule is O=[N+]([O-])c1cccnc1S(=O)(=O)O. The Morgan fingerprint density at radius 3 is 2.54 bits per heavy atom. The lowest BCUT2D eigenvalue weighted by atomic mass is 10.4. The summed E-state index contributed by atoms with van der Waals surface area (Å²) in [5.41, 5.74) is -0.745. The lowest BCUT2D eigenvalue weighted by Gasteiger charge is -1.96. The van der Waals surface area contributed by atoms with Crippen LogP contribution in [-0.4, -0.2) is 22.9 Å². The van der Waals surface area contributed by atoms with Crippen LogP contribution in [0.4, 0.5) is 5.69 Å². The molecule has 0 bridgehead atoms. The number of aromatic nitrogens is 1. The van der Waals surface area contributed by atoms with Crippen LogP contribution in [0.2, 0.25) is 0 Å². The summed E-state index contributed by atoms with van der Waals surface area (Å²) in [5.74, 6) is 0. The van der Waals surface area contributed by atoms with Crippen molar-refractivity contribution in [2.45, 2.75) is 5.03 Å². The molecule has 1 aromatic rings. The molecule has 1 rings (SSSR count). The summed E-state index contributed by atoms with van der Waals surface area (Å²) in [4.78, 5) is 12.5. The maximum Gasteiger partial charge on any atom is 0.319 e. The Bertz CT molecular complexity index is 440. The first kappa shape index (κ1) is 9.55. The first-order valence-corrected chi connectivity index (χ1v) is 4.44. The van der Waals surface area contributed by atoms with Crippen molar-refractivity contribution in [1.82, 2.24) is 4.98 Å². The topological polar surface area (TPSA) is 110 Å². The van der Waals surface area contributed by atoms with Gasteiger partial charge >= 0.3 is 15.8 Å². The van der Waals surface area contributed by atoms with Gasteiger partial charge in [0.05, 0.1) is 4.92 Å². The van der Waals surface area contributed by atoms with Gasteiger partial charge in [0.1, 0.15) is 0 Å². The van der Waals surface area contributed by atoms with Gasteiger partial charge in [0, 0.05) is 12.3 Å². The van der Waals surface area contributed by atoms with Gasteiger partial charge in [-0.15, -0.1) is 0 Å². The molecule has 0 saturated carbocycles. The third-order valence-corrected chi connectivity index (χ3v) is 2.00. The first-order valence-electron chi connectivity index (χ1n) is 3.00. The average Bonchev–Trinajstić information content (AvgIpc) is 2.03. The van der Waals surface area contributed by atoms with Crippen molar-refractivity contribution in [3.63, 3.8) is 0 Å². The Balaban J connectivity index is 3.46.